The van der Waals surface area contributed by atoms with Crippen molar-refractivity contribution in [1.82, 2.24) is 0 Å². The van der Waals surface area contributed by atoms with Crippen LogP contribution in [0.4, 0.5) is 0 Å². The van der Waals surface area contributed by atoms with Crippen molar-refractivity contribution in [3.63, 3.8) is 0 Å². The molecule has 0 radical (unpaired) electrons. The molecule has 0 aromatic carbocycles. The Morgan fingerprint density at radius 3 is 2.17 bits per heavy atom. The lowest BCUT2D eigenvalue weighted by atomic mass is 10.9. The first kappa shape index (κ1) is 6.10. The lowest BCUT2D eigenvalue weighted by Crippen LogP contribution is -2.40. The van der Waals surface area contributed by atoms with Gasteiger partial charge in [0.25, 0.3) is 0 Å². The topological polar surface area (TPSA) is 61.3 Å². The molecule has 0 aromatic rings. The number of hydrogen-bond acceptors (Lipinski definition) is 3. The maximum atomic E-state index is 5.10. The Kier molecular flexibility index (Phi) is 3.35. The van der Waals surface area contributed by atoms with Crippen molar-refractivity contribution in [3.05, 3.63) is 0 Å². The Balaban J connectivity index is 2.63. The average Bonchev–Trinajstić information content (AvgIpc) is 1.35. The van der Waals surface area contributed by atoms with Crippen LogP contribution in [0.3, 0.4) is 0 Å². The Morgan fingerprint density at radius 1 is 1.67 bits per heavy atom. The van der Waals surface area contributed by atoms with Crippen LogP contribution < -0.4 is 10.8 Å². The summed E-state index contributed by atoms with van der Waals surface area (Å²) < 4.78 is 4.74. The normalized spacial score (nSPS) is 10.0. The van der Waals surface area contributed by atoms with Gasteiger partial charge in [-0.15, -0.1) is 0 Å². The Morgan fingerprint density at radius 2 is 2.17 bits per heavy atom. The first-order chi connectivity index (χ1) is 2.77. The molecule has 0 spiro atoms. The minimum Gasteiger partial charge on any atom is -0.395 e. The van der Waals surface area contributed by atoms with Crippen LogP contribution in [0.2, 0.25) is 0 Å². The molecule has 38 valence electrons. The first-order valence-electron chi connectivity index (χ1n) is 1.90. The lowest BCUT2D eigenvalue weighted by molar-refractivity contribution is 0.343. The summed E-state index contributed by atoms with van der Waals surface area (Å²) in [5, 5.41) is 10.2. The van der Waals surface area contributed by atoms with Gasteiger partial charge < -0.3 is 15.2 Å². The van der Waals surface area contributed by atoms with Gasteiger partial charge in [-0.1, -0.05) is 0 Å². The third-order valence-electron chi connectivity index (χ3n) is 0.359. The zero-order valence-electron chi connectivity index (χ0n) is 3.85. The van der Waals surface area contributed by atoms with Gasteiger partial charge in [0, 0.05) is 6.61 Å². The van der Waals surface area contributed by atoms with Gasteiger partial charge in [0.05, 0.1) is 0 Å². The van der Waals surface area contributed by atoms with E-state index in [0.29, 0.717) is 6.61 Å². The molecule has 0 bridgehead atoms. The standard InChI is InChI=1S/C2H10N2OSi/c1-2-5-6(3)4/h6H,2-4H2,1H3. The largest absolute Gasteiger partial charge is 0.395 e. The summed E-state index contributed by atoms with van der Waals surface area (Å²) in [6.07, 6.45) is 0. The van der Waals surface area contributed by atoms with Gasteiger partial charge in [-0.25, -0.2) is 0 Å². The van der Waals surface area contributed by atoms with Crippen molar-refractivity contribution in [2.45, 2.75) is 6.92 Å². The second kappa shape index (κ2) is 3.29. The molecule has 4 heteroatoms. The van der Waals surface area contributed by atoms with E-state index < -0.39 is 9.36 Å². The zero-order valence-corrected chi connectivity index (χ0v) is 5.00. The number of rotatable bonds is 2. The molecular formula is C2H10N2OSi. The van der Waals surface area contributed by atoms with Crippen LogP contribution >= 0.6 is 0 Å². The molecule has 6 heavy (non-hydrogen) atoms. The van der Waals surface area contributed by atoms with E-state index in [1.165, 1.54) is 0 Å². The number of hydrogen-bond donors (Lipinski definition) is 2. The van der Waals surface area contributed by atoms with Gasteiger partial charge in [-0.2, -0.15) is 0 Å². The minimum atomic E-state index is -1.67. The summed E-state index contributed by atoms with van der Waals surface area (Å²) in [5.41, 5.74) is 0. The van der Waals surface area contributed by atoms with E-state index >= 15 is 0 Å². The van der Waals surface area contributed by atoms with E-state index in [4.69, 9.17) is 15.2 Å². The fourth-order valence-electron chi connectivity index (χ4n) is 0.192. The molecule has 0 heterocycles. The van der Waals surface area contributed by atoms with Crippen molar-refractivity contribution in [2.75, 3.05) is 6.61 Å². The summed E-state index contributed by atoms with van der Waals surface area (Å²) >= 11 is 0. The summed E-state index contributed by atoms with van der Waals surface area (Å²) in [5.74, 6) is 0. The fourth-order valence-corrected chi connectivity index (χ4v) is 0.577. The van der Waals surface area contributed by atoms with Crippen molar-refractivity contribution in [3.8, 4) is 0 Å². The van der Waals surface area contributed by atoms with Crippen LogP contribution in [0, 0.1) is 0 Å². The van der Waals surface area contributed by atoms with Crippen LogP contribution in [-0.2, 0) is 4.43 Å². The van der Waals surface area contributed by atoms with Gasteiger partial charge in [-0.05, 0) is 6.92 Å². The van der Waals surface area contributed by atoms with E-state index in [1.807, 2.05) is 6.92 Å². The number of nitrogens with two attached hydrogens (primary N) is 2. The van der Waals surface area contributed by atoms with Crippen molar-refractivity contribution >= 4 is 9.36 Å². The maximum absolute atomic E-state index is 5.10. The molecule has 0 amide bonds. The predicted octanol–water partition coefficient (Wildman–Crippen LogP) is -1.34. The SMILES string of the molecule is CCO[SiH](N)N. The molecule has 0 saturated carbocycles. The van der Waals surface area contributed by atoms with Gasteiger partial charge in [0.1, 0.15) is 0 Å². The third kappa shape index (κ3) is 4.10. The zero-order chi connectivity index (χ0) is 4.99. The van der Waals surface area contributed by atoms with Crippen LogP contribution in [0.5, 0.6) is 0 Å². The molecule has 0 saturated heterocycles. The molecule has 0 aliphatic heterocycles. The van der Waals surface area contributed by atoms with E-state index in [9.17, 15) is 0 Å². The molecule has 4 N–H and O–H groups in total. The van der Waals surface area contributed by atoms with Gasteiger partial charge in [-0.3, -0.25) is 0 Å². The van der Waals surface area contributed by atoms with E-state index in [0.717, 1.165) is 0 Å². The third-order valence-corrected chi connectivity index (χ3v) is 1.08. The maximum Gasteiger partial charge on any atom is 0.329 e. The second-order valence-electron chi connectivity index (χ2n) is 0.920. The highest BCUT2D eigenvalue weighted by Crippen LogP contribution is 1.62. The predicted molar refractivity (Wildman–Crippen MR) is 27.1 cm³/mol. The summed E-state index contributed by atoms with van der Waals surface area (Å²) in [7, 11) is -1.67. The Bertz CT molecular complexity index is 32.7. The molecule has 0 aliphatic carbocycles. The molecule has 0 atom stereocenters. The summed E-state index contributed by atoms with van der Waals surface area (Å²) in [6.45, 7) is 2.52. The minimum absolute atomic E-state index is 0.643. The first-order valence-corrected chi connectivity index (χ1v) is 3.70. The highest BCUT2D eigenvalue weighted by Gasteiger charge is 1.89. The highest BCUT2D eigenvalue weighted by atomic mass is 28.3. The molecule has 0 fully saturated rings. The quantitative estimate of drug-likeness (QED) is 0.428. The van der Waals surface area contributed by atoms with E-state index in [1.54, 1.807) is 0 Å². The van der Waals surface area contributed by atoms with Crippen LogP contribution in [0.1, 0.15) is 6.92 Å². The Hall–Kier alpha value is 0.0969. The van der Waals surface area contributed by atoms with Crippen LogP contribution in [0.25, 0.3) is 0 Å². The molecular weight excluding hydrogens is 96.1 g/mol. The molecule has 0 aromatic heterocycles. The molecule has 0 rings (SSSR count). The van der Waals surface area contributed by atoms with Crippen molar-refractivity contribution in [2.24, 2.45) is 10.8 Å². The monoisotopic (exact) mass is 106 g/mol. The van der Waals surface area contributed by atoms with Crippen LogP contribution in [-0.4, -0.2) is 16.0 Å². The van der Waals surface area contributed by atoms with Crippen molar-refractivity contribution < 1.29 is 4.43 Å². The molecule has 0 aliphatic rings. The lowest BCUT2D eigenvalue weighted by Gasteiger charge is -1.97. The van der Waals surface area contributed by atoms with Crippen molar-refractivity contribution in [1.29, 1.82) is 0 Å². The second-order valence-corrected chi connectivity index (χ2v) is 2.18. The van der Waals surface area contributed by atoms with Gasteiger partial charge in [0.2, 0.25) is 0 Å². The summed E-state index contributed by atoms with van der Waals surface area (Å²) in [6, 6.07) is 0. The molecule has 3 nitrogen and oxygen atoms in total. The van der Waals surface area contributed by atoms with Gasteiger partial charge >= 0.3 is 9.36 Å². The summed E-state index contributed by atoms with van der Waals surface area (Å²) in [4.78, 5) is 0. The average molecular weight is 106 g/mol. The van der Waals surface area contributed by atoms with Crippen LogP contribution in [0.15, 0.2) is 0 Å². The van der Waals surface area contributed by atoms with E-state index in [2.05, 4.69) is 0 Å². The smallest absolute Gasteiger partial charge is 0.329 e. The van der Waals surface area contributed by atoms with E-state index in [-0.39, 0.29) is 0 Å². The molecule has 0 unspecified atom stereocenters. The Labute approximate surface area is 39.2 Å². The van der Waals surface area contributed by atoms with Gasteiger partial charge in [0.15, 0.2) is 0 Å². The highest BCUT2D eigenvalue weighted by molar-refractivity contribution is 6.43. The fraction of sp³-hybridized carbons (Fsp3) is 1.00.